The van der Waals surface area contributed by atoms with Crippen LogP contribution in [0.15, 0.2) is 24.3 Å². The third-order valence-corrected chi connectivity index (χ3v) is 3.41. The second-order valence-electron chi connectivity index (χ2n) is 4.71. The zero-order valence-electron chi connectivity index (χ0n) is 12.6. The molecule has 0 fully saturated rings. The second kappa shape index (κ2) is 9.40. The van der Waals surface area contributed by atoms with E-state index in [4.69, 9.17) is 16.3 Å². The molecule has 1 aromatic carbocycles. The van der Waals surface area contributed by atoms with Gasteiger partial charge in [-0.15, -0.1) is 0 Å². The highest BCUT2D eigenvalue weighted by molar-refractivity contribution is 6.31. The van der Waals surface area contributed by atoms with Crippen LogP contribution in [0.25, 0.3) is 0 Å². The van der Waals surface area contributed by atoms with Crippen LogP contribution < -0.4 is 0 Å². The average molecular weight is 312 g/mol. The number of carbonyl (C=O) groups excluding carboxylic acids is 2. The highest BCUT2D eigenvalue weighted by atomic mass is 35.5. The lowest BCUT2D eigenvalue weighted by atomic mass is 10.1. The maximum Gasteiger partial charge on any atom is 0.325 e. The van der Waals surface area contributed by atoms with E-state index in [1.807, 2.05) is 31.2 Å². The van der Waals surface area contributed by atoms with Gasteiger partial charge in [-0.3, -0.25) is 9.59 Å². The SMILES string of the molecule is CCCN(CC(=O)OCC)C(=O)CCc1ccccc1Cl. The van der Waals surface area contributed by atoms with E-state index in [1.165, 1.54) is 0 Å². The van der Waals surface area contributed by atoms with Crippen molar-refractivity contribution >= 4 is 23.5 Å². The van der Waals surface area contributed by atoms with Crippen molar-refractivity contribution in [2.24, 2.45) is 0 Å². The molecular formula is C16H22ClNO3. The van der Waals surface area contributed by atoms with Crippen LogP contribution in [0.1, 0.15) is 32.3 Å². The molecule has 0 atom stereocenters. The molecule has 0 bridgehead atoms. The van der Waals surface area contributed by atoms with Crippen LogP contribution in [0, 0.1) is 0 Å². The lowest BCUT2D eigenvalue weighted by Crippen LogP contribution is -2.37. The summed E-state index contributed by atoms with van der Waals surface area (Å²) in [4.78, 5) is 25.3. The van der Waals surface area contributed by atoms with Crippen molar-refractivity contribution in [1.82, 2.24) is 4.90 Å². The Morgan fingerprint density at radius 2 is 1.95 bits per heavy atom. The Kier molecular flexibility index (Phi) is 7.83. The van der Waals surface area contributed by atoms with Crippen LogP contribution >= 0.6 is 11.6 Å². The van der Waals surface area contributed by atoms with E-state index in [0.29, 0.717) is 31.0 Å². The van der Waals surface area contributed by atoms with Crippen LogP contribution in [-0.4, -0.2) is 36.5 Å². The summed E-state index contributed by atoms with van der Waals surface area (Å²) in [5.41, 5.74) is 0.945. The summed E-state index contributed by atoms with van der Waals surface area (Å²) in [7, 11) is 0. The normalized spacial score (nSPS) is 10.2. The number of rotatable bonds is 8. The molecule has 0 aromatic heterocycles. The molecule has 0 heterocycles. The smallest absolute Gasteiger partial charge is 0.325 e. The van der Waals surface area contributed by atoms with Crippen molar-refractivity contribution in [2.45, 2.75) is 33.1 Å². The van der Waals surface area contributed by atoms with Gasteiger partial charge in [-0.25, -0.2) is 0 Å². The molecule has 0 radical (unpaired) electrons. The molecule has 0 unspecified atom stereocenters. The van der Waals surface area contributed by atoms with Gasteiger partial charge in [0.15, 0.2) is 0 Å². The number of halogens is 1. The lowest BCUT2D eigenvalue weighted by Gasteiger charge is -2.21. The molecule has 1 rings (SSSR count). The van der Waals surface area contributed by atoms with Gasteiger partial charge in [-0.05, 0) is 31.4 Å². The van der Waals surface area contributed by atoms with Crippen molar-refractivity contribution < 1.29 is 14.3 Å². The first kappa shape index (κ1) is 17.5. The van der Waals surface area contributed by atoms with Crippen LogP contribution in [0.5, 0.6) is 0 Å². The Hall–Kier alpha value is -1.55. The standard InChI is InChI=1S/C16H22ClNO3/c1-3-11-18(12-16(20)21-4-2)15(19)10-9-13-7-5-6-8-14(13)17/h5-8H,3-4,9-12H2,1-2H3. The summed E-state index contributed by atoms with van der Waals surface area (Å²) in [6.45, 7) is 4.62. The molecule has 1 aromatic rings. The van der Waals surface area contributed by atoms with E-state index in [1.54, 1.807) is 11.8 Å². The largest absolute Gasteiger partial charge is 0.465 e. The summed E-state index contributed by atoms with van der Waals surface area (Å²) >= 11 is 6.07. The van der Waals surface area contributed by atoms with Crippen LogP contribution in [0.2, 0.25) is 5.02 Å². The van der Waals surface area contributed by atoms with Crippen LogP contribution in [-0.2, 0) is 20.7 Å². The predicted octanol–water partition coefficient (Wildman–Crippen LogP) is 3.07. The molecule has 21 heavy (non-hydrogen) atoms. The number of nitrogens with zero attached hydrogens (tertiary/aromatic N) is 1. The zero-order valence-corrected chi connectivity index (χ0v) is 13.4. The summed E-state index contributed by atoms with van der Waals surface area (Å²) in [5.74, 6) is -0.415. The molecule has 4 nitrogen and oxygen atoms in total. The van der Waals surface area contributed by atoms with Gasteiger partial charge in [-0.1, -0.05) is 36.7 Å². The quantitative estimate of drug-likeness (QED) is 0.693. The Bertz CT molecular complexity index is 476. The average Bonchev–Trinajstić information content (AvgIpc) is 2.46. The second-order valence-corrected chi connectivity index (χ2v) is 5.12. The van der Waals surface area contributed by atoms with Crippen LogP contribution in [0.4, 0.5) is 0 Å². The number of hydrogen-bond acceptors (Lipinski definition) is 3. The van der Waals surface area contributed by atoms with Crippen molar-refractivity contribution in [1.29, 1.82) is 0 Å². The Morgan fingerprint density at radius 1 is 1.24 bits per heavy atom. The van der Waals surface area contributed by atoms with E-state index in [9.17, 15) is 9.59 Å². The van der Waals surface area contributed by atoms with Gasteiger partial charge in [-0.2, -0.15) is 0 Å². The van der Waals surface area contributed by atoms with Crippen molar-refractivity contribution in [3.05, 3.63) is 34.9 Å². The summed E-state index contributed by atoms with van der Waals surface area (Å²) in [6, 6.07) is 7.47. The molecule has 0 aliphatic rings. The number of benzene rings is 1. The van der Waals surface area contributed by atoms with Crippen molar-refractivity contribution in [3.63, 3.8) is 0 Å². The Morgan fingerprint density at radius 3 is 2.57 bits per heavy atom. The molecule has 0 saturated heterocycles. The third kappa shape index (κ3) is 6.17. The van der Waals surface area contributed by atoms with Crippen LogP contribution in [0.3, 0.4) is 0 Å². The number of esters is 1. The molecule has 0 spiro atoms. The van der Waals surface area contributed by atoms with E-state index < -0.39 is 0 Å². The monoisotopic (exact) mass is 311 g/mol. The van der Waals surface area contributed by atoms with Gasteiger partial charge in [0.1, 0.15) is 6.54 Å². The minimum Gasteiger partial charge on any atom is -0.465 e. The number of amides is 1. The molecule has 0 saturated carbocycles. The number of hydrogen-bond donors (Lipinski definition) is 0. The fraction of sp³-hybridized carbons (Fsp3) is 0.500. The van der Waals surface area contributed by atoms with E-state index >= 15 is 0 Å². The van der Waals surface area contributed by atoms with E-state index in [-0.39, 0.29) is 18.4 Å². The molecule has 0 aliphatic heterocycles. The number of ether oxygens (including phenoxy) is 1. The maximum atomic E-state index is 12.2. The first-order valence-corrected chi connectivity index (χ1v) is 7.63. The fourth-order valence-corrected chi connectivity index (χ4v) is 2.26. The van der Waals surface area contributed by atoms with Gasteiger partial charge in [0, 0.05) is 18.0 Å². The molecule has 116 valence electrons. The lowest BCUT2D eigenvalue weighted by molar-refractivity contribution is -0.149. The van der Waals surface area contributed by atoms with Gasteiger partial charge in [0.05, 0.1) is 6.61 Å². The van der Waals surface area contributed by atoms with Gasteiger partial charge < -0.3 is 9.64 Å². The highest BCUT2D eigenvalue weighted by Gasteiger charge is 2.17. The molecule has 0 N–H and O–H groups in total. The van der Waals surface area contributed by atoms with E-state index in [0.717, 1.165) is 12.0 Å². The van der Waals surface area contributed by atoms with Gasteiger partial charge in [0.25, 0.3) is 0 Å². The third-order valence-electron chi connectivity index (χ3n) is 3.04. The molecule has 1 amide bonds. The minimum atomic E-state index is -0.364. The number of carbonyl (C=O) groups is 2. The molecule has 5 heteroatoms. The minimum absolute atomic E-state index is 0.0169. The fourth-order valence-electron chi connectivity index (χ4n) is 2.03. The van der Waals surface area contributed by atoms with Gasteiger partial charge in [0.2, 0.25) is 5.91 Å². The van der Waals surface area contributed by atoms with Crippen molar-refractivity contribution in [3.8, 4) is 0 Å². The Labute approximate surface area is 131 Å². The molecule has 0 aliphatic carbocycles. The van der Waals surface area contributed by atoms with Crippen molar-refractivity contribution in [2.75, 3.05) is 19.7 Å². The van der Waals surface area contributed by atoms with E-state index in [2.05, 4.69) is 0 Å². The maximum absolute atomic E-state index is 12.2. The Balaban J connectivity index is 2.56. The topological polar surface area (TPSA) is 46.6 Å². The highest BCUT2D eigenvalue weighted by Crippen LogP contribution is 2.17. The first-order valence-electron chi connectivity index (χ1n) is 7.25. The summed E-state index contributed by atoms with van der Waals surface area (Å²) in [5, 5.41) is 0.665. The summed E-state index contributed by atoms with van der Waals surface area (Å²) < 4.78 is 4.90. The predicted molar refractivity (Wildman–Crippen MR) is 83.3 cm³/mol. The first-order chi connectivity index (χ1) is 10.1. The summed E-state index contributed by atoms with van der Waals surface area (Å²) in [6.07, 6.45) is 1.71. The number of aryl methyl sites for hydroxylation is 1. The van der Waals surface area contributed by atoms with Gasteiger partial charge >= 0.3 is 5.97 Å². The molecular weight excluding hydrogens is 290 g/mol. The zero-order chi connectivity index (χ0) is 15.7.